The predicted octanol–water partition coefficient (Wildman–Crippen LogP) is 3.37. The van der Waals surface area contributed by atoms with Gasteiger partial charge in [0.25, 0.3) is 0 Å². The zero-order valence-corrected chi connectivity index (χ0v) is 14.7. The van der Waals surface area contributed by atoms with Crippen LogP contribution in [0.25, 0.3) is 0 Å². The van der Waals surface area contributed by atoms with E-state index in [-0.39, 0.29) is 28.4 Å². The molecule has 5 heteroatoms. The summed E-state index contributed by atoms with van der Waals surface area (Å²) in [5.74, 6) is 0. The zero-order chi connectivity index (χ0) is 15.2. The minimum atomic E-state index is -2.45. The number of hydrogen-bond donors (Lipinski definition) is 0. The van der Waals surface area contributed by atoms with Crippen molar-refractivity contribution < 1.29 is 18.3 Å². The van der Waals surface area contributed by atoms with Crippen molar-refractivity contribution in [3.63, 3.8) is 0 Å². The third-order valence-electron chi connectivity index (χ3n) is 4.21. The minimum Gasteiger partial charge on any atom is -0.493 e. The lowest BCUT2D eigenvalue weighted by Gasteiger charge is -2.55. The molecule has 0 bridgehead atoms. The average Bonchev–Trinajstić information content (AvgIpc) is 2.34. The second kappa shape index (κ2) is 5.12. The van der Waals surface area contributed by atoms with E-state index in [1.807, 2.05) is 6.08 Å². The summed E-state index contributed by atoms with van der Waals surface area (Å²) >= 11 is 0. The zero-order valence-electron chi connectivity index (χ0n) is 13.7. The minimum absolute atomic E-state index is 0.0182. The summed E-state index contributed by atoms with van der Waals surface area (Å²) in [5.41, 5.74) is 0. The lowest BCUT2D eigenvalue weighted by molar-refractivity contribution is -0.130. The molecule has 0 unspecified atom stereocenters. The first-order valence-electron chi connectivity index (χ1n) is 7.29. The van der Waals surface area contributed by atoms with Gasteiger partial charge in [0, 0.05) is 17.2 Å². The Morgan fingerprint density at radius 3 is 2.20 bits per heavy atom. The maximum Gasteiger partial charge on any atom is 0.349 e. The van der Waals surface area contributed by atoms with Gasteiger partial charge in [0.05, 0.1) is 12.9 Å². The molecular weight excluding hydrogens is 272 g/mol. The quantitative estimate of drug-likeness (QED) is 0.696. The van der Waals surface area contributed by atoms with Crippen LogP contribution in [0.2, 0.25) is 10.1 Å². The summed E-state index contributed by atoms with van der Waals surface area (Å²) in [6, 6.07) is 0. The lowest BCUT2D eigenvalue weighted by atomic mass is 10.1. The molecule has 20 heavy (non-hydrogen) atoms. The van der Waals surface area contributed by atoms with Gasteiger partial charge in [0.15, 0.2) is 0 Å². The summed E-state index contributed by atoms with van der Waals surface area (Å²) in [6.07, 6.45) is 3.41. The molecule has 116 valence electrons. The van der Waals surface area contributed by atoms with Gasteiger partial charge in [0.2, 0.25) is 0 Å². The Morgan fingerprint density at radius 1 is 1.10 bits per heavy atom. The van der Waals surface area contributed by atoms with Gasteiger partial charge in [0.1, 0.15) is 18.3 Å². The van der Waals surface area contributed by atoms with Gasteiger partial charge in [-0.3, -0.25) is 0 Å². The van der Waals surface area contributed by atoms with Crippen LogP contribution in [0, 0.1) is 0 Å². The second-order valence-electron chi connectivity index (χ2n) is 7.71. The fourth-order valence-electron chi connectivity index (χ4n) is 3.45. The molecule has 1 saturated heterocycles. The maximum atomic E-state index is 6.63. The number of ether oxygens (including phenoxy) is 2. The van der Waals surface area contributed by atoms with E-state index in [4.69, 9.17) is 18.3 Å². The highest BCUT2D eigenvalue weighted by Gasteiger charge is 2.63. The van der Waals surface area contributed by atoms with E-state index in [1.165, 1.54) is 0 Å². The van der Waals surface area contributed by atoms with Gasteiger partial charge in [-0.05, 0) is 6.08 Å². The molecule has 0 radical (unpaired) electrons. The molecule has 0 spiro atoms. The van der Waals surface area contributed by atoms with Crippen LogP contribution in [0.1, 0.15) is 41.5 Å². The third kappa shape index (κ3) is 2.45. The maximum absolute atomic E-state index is 6.63. The van der Waals surface area contributed by atoms with Crippen molar-refractivity contribution in [1.29, 1.82) is 0 Å². The number of fused-ring (bicyclic) bond motifs is 1. The van der Waals surface area contributed by atoms with Crippen LogP contribution in [0.15, 0.2) is 12.3 Å². The van der Waals surface area contributed by atoms with Crippen LogP contribution in [0.4, 0.5) is 0 Å². The first kappa shape index (κ1) is 16.0. The molecule has 0 N–H and O–H groups in total. The van der Waals surface area contributed by atoms with E-state index in [0.29, 0.717) is 6.61 Å². The fourth-order valence-corrected chi connectivity index (χ4v) is 8.41. The highest BCUT2D eigenvalue weighted by molar-refractivity contribution is 6.73. The first-order valence-corrected chi connectivity index (χ1v) is 9.11. The molecule has 0 aromatic heterocycles. The van der Waals surface area contributed by atoms with Crippen LogP contribution in [-0.4, -0.2) is 40.6 Å². The number of methoxy groups -OCH3 is 1. The van der Waals surface area contributed by atoms with Crippen molar-refractivity contribution in [3.05, 3.63) is 12.3 Å². The molecule has 2 rings (SSSR count). The predicted molar refractivity (Wildman–Crippen MR) is 80.8 cm³/mol. The Labute approximate surface area is 123 Å². The molecular formula is C15H28O4Si. The Bertz CT molecular complexity index is 366. The van der Waals surface area contributed by atoms with Crippen LogP contribution < -0.4 is 0 Å². The highest BCUT2D eigenvalue weighted by Crippen LogP contribution is 2.54. The molecule has 3 atom stereocenters. The highest BCUT2D eigenvalue weighted by atomic mass is 28.4. The Balaban J connectivity index is 2.36. The van der Waals surface area contributed by atoms with Gasteiger partial charge < -0.3 is 18.3 Å². The summed E-state index contributed by atoms with van der Waals surface area (Å²) in [5, 5.41) is -0.0364. The largest absolute Gasteiger partial charge is 0.493 e. The molecule has 0 aromatic rings. The Kier molecular flexibility index (Phi) is 4.10. The van der Waals surface area contributed by atoms with Gasteiger partial charge in [-0.2, -0.15) is 0 Å². The summed E-state index contributed by atoms with van der Waals surface area (Å²) in [7, 11) is -0.730. The molecule has 1 fully saturated rings. The van der Waals surface area contributed by atoms with Crippen LogP contribution in [-0.2, 0) is 18.3 Å². The Morgan fingerprint density at radius 2 is 1.70 bits per heavy atom. The fraction of sp³-hybridized carbons (Fsp3) is 0.867. The monoisotopic (exact) mass is 300 g/mol. The van der Waals surface area contributed by atoms with Crippen LogP contribution >= 0.6 is 0 Å². The van der Waals surface area contributed by atoms with Crippen LogP contribution in [0.3, 0.4) is 0 Å². The van der Waals surface area contributed by atoms with E-state index >= 15 is 0 Å². The molecule has 2 aliphatic rings. The molecule has 0 aromatic carbocycles. The average molecular weight is 300 g/mol. The van der Waals surface area contributed by atoms with Crippen molar-refractivity contribution >= 4 is 8.56 Å². The van der Waals surface area contributed by atoms with Crippen molar-refractivity contribution in [1.82, 2.24) is 0 Å². The van der Waals surface area contributed by atoms with E-state index in [9.17, 15) is 0 Å². The van der Waals surface area contributed by atoms with Gasteiger partial charge in [-0.1, -0.05) is 41.5 Å². The van der Waals surface area contributed by atoms with Gasteiger partial charge >= 0.3 is 8.56 Å². The van der Waals surface area contributed by atoms with E-state index in [2.05, 4.69) is 41.5 Å². The normalized spacial score (nSPS) is 33.5. The first-order chi connectivity index (χ1) is 9.12. The molecule has 0 saturated carbocycles. The second-order valence-corrected chi connectivity index (χ2v) is 12.5. The van der Waals surface area contributed by atoms with Crippen molar-refractivity contribution in [3.8, 4) is 0 Å². The molecule has 2 heterocycles. The third-order valence-corrected chi connectivity index (χ3v) is 9.34. The Hall–Kier alpha value is -0.363. The summed E-state index contributed by atoms with van der Waals surface area (Å²) in [4.78, 5) is 0. The number of rotatable bonds is 1. The van der Waals surface area contributed by atoms with Crippen molar-refractivity contribution in [2.45, 2.75) is 69.9 Å². The molecule has 0 amide bonds. The summed E-state index contributed by atoms with van der Waals surface area (Å²) < 4.78 is 24.2. The van der Waals surface area contributed by atoms with E-state index in [0.717, 1.165) is 0 Å². The van der Waals surface area contributed by atoms with Crippen LogP contribution in [0.5, 0.6) is 0 Å². The topological polar surface area (TPSA) is 36.9 Å². The van der Waals surface area contributed by atoms with Crippen molar-refractivity contribution in [2.75, 3.05) is 13.7 Å². The summed E-state index contributed by atoms with van der Waals surface area (Å²) in [6.45, 7) is 13.9. The van der Waals surface area contributed by atoms with Gasteiger partial charge in [-0.25, -0.2) is 0 Å². The smallest absolute Gasteiger partial charge is 0.349 e. The van der Waals surface area contributed by atoms with E-state index in [1.54, 1.807) is 13.4 Å². The SMILES string of the molecule is CO[C@@H]1C=CO[C@@H]2CO[Si](C(C)(C)C)(C(C)(C)C)O[C@@H]12. The molecule has 2 aliphatic heterocycles. The number of hydrogen-bond acceptors (Lipinski definition) is 4. The van der Waals surface area contributed by atoms with Crippen molar-refractivity contribution in [2.24, 2.45) is 0 Å². The molecule has 4 nitrogen and oxygen atoms in total. The lowest BCUT2D eigenvalue weighted by Crippen LogP contribution is -2.67. The molecule has 0 aliphatic carbocycles. The van der Waals surface area contributed by atoms with Gasteiger partial charge in [-0.15, -0.1) is 0 Å². The standard InChI is InChI=1S/C15H28O4Si/c1-14(2,3)20(15(4,5)6)18-10-12-13(19-20)11(16-7)8-9-17-12/h8-9,11-13H,10H2,1-7H3/t11-,12-,13+/m1/s1. The van der Waals surface area contributed by atoms with E-state index < -0.39 is 8.56 Å².